The van der Waals surface area contributed by atoms with Crippen LogP contribution in [0.4, 0.5) is 5.69 Å². The number of hydrogen-bond donors (Lipinski definition) is 3. The van der Waals surface area contributed by atoms with Crippen molar-refractivity contribution in [3.63, 3.8) is 0 Å². The first-order chi connectivity index (χ1) is 12.8. The van der Waals surface area contributed by atoms with E-state index in [9.17, 15) is 14.7 Å². The molecule has 0 fully saturated rings. The zero-order valence-electron chi connectivity index (χ0n) is 15.8. The second kappa shape index (κ2) is 9.02. The van der Waals surface area contributed by atoms with Crippen LogP contribution >= 0.6 is 0 Å². The Labute approximate surface area is 158 Å². The van der Waals surface area contributed by atoms with E-state index in [0.29, 0.717) is 34.9 Å². The lowest BCUT2D eigenvalue weighted by Crippen LogP contribution is -2.24. The predicted molar refractivity (Wildman–Crippen MR) is 105 cm³/mol. The predicted octanol–water partition coefficient (Wildman–Crippen LogP) is 3.44. The Morgan fingerprint density at radius 1 is 1.37 bits per heavy atom. The van der Waals surface area contributed by atoms with Gasteiger partial charge in [0.1, 0.15) is 5.75 Å². The molecule has 2 rings (SSSR count). The summed E-state index contributed by atoms with van der Waals surface area (Å²) in [5, 5.41) is 27.5. The number of para-hydroxylation sites is 1. The highest BCUT2D eigenvalue weighted by atomic mass is 16.4. The number of nitrogens with one attached hydrogen (secondary N) is 1. The summed E-state index contributed by atoms with van der Waals surface area (Å²) in [5.41, 5.74) is 2.09. The normalized spacial score (nSPS) is 15.9. The molecule has 1 aliphatic rings. The molecular formula is C20H25N3O4. The van der Waals surface area contributed by atoms with Gasteiger partial charge in [-0.15, -0.1) is 0 Å². The summed E-state index contributed by atoms with van der Waals surface area (Å²) in [5.74, 6) is -0.725. The third-order valence-corrected chi connectivity index (χ3v) is 3.99. The summed E-state index contributed by atoms with van der Waals surface area (Å²) in [6, 6.07) is 5.34. The number of allylic oxidation sites excluding steroid dienone is 1. The second-order valence-corrected chi connectivity index (χ2v) is 6.66. The van der Waals surface area contributed by atoms with Crippen LogP contribution in [0.2, 0.25) is 0 Å². The van der Waals surface area contributed by atoms with Crippen LogP contribution in [0.3, 0.4) is 0 Å². The Morgan fingerprint density at radius 3 is 2.78 bits per heavy atom. The molecule has 0 atom stereocenters. The summed E-state index contributed by atoms with van der Waals surface area (Å²) in [7, 11) is 0. The van der Waals surface area contributed by atoms with Crippen molar-refractivity contribution in [2.45, 2.75) is 33.6 Å². The summed E-state index contributed by atoms with van der Waals surface area (Å²) in [4.78, 5) is 23.0. The first-order valence-electron chi connectivity index (χ1n) is 8.85. The fourth-order valence-corrected chi connectivity index (χ4v) is 2.53. The zero-order chi connectivity index (χ0) is 20.0. The molecule has 1 aromatic carbocycles. The van der Waals surface area contributed by atoms with Gasteiger partial charge in [-0.3, -0.25) is 9.59 Å². The number of anilines is 1. The number of hydrogen-bond acceptors (Lipinski definition) is 5. The molecule has 0 saturated carbocycles. The van der Waals surface area contributed by atoms with Crippen molar-refractivity contribution in [2.24, 2.45) is 11.0 Å². The van der Waals surface area contributed by atoms with Crippen molar-refractivity contribution >= 4 is 29.4 Å². The number of phenols is 1. The molecule has 1 aromatic rings. The number of carbonyl (C=O) groups excluding carboxylic acids is 1. The maximum atomic E-state index is 12.4. The van der Waals surface area contributed by atoms with Crippen LogP contribution in [-0.2, 0) is 9.59 Å². The Hall–Kier alpha value is -3.09. The number of carbonyl (C=O) groups is 2. The molecule has 7 nitrogen and oxygen atoms in total. The minimum Gasteiger partial charge on any atom is -0.505 e. The van der Waals surface area contributed by atoms with Gasteiger partial charge in [0.05, 0.1) is 17.0 Å². The lowest BCUT2D eigenvalue weighted by atomic mass is 10.1. The highest BCUT2D eigenvalue weighted by Crippen LogP contribution is 2.29. The van der Waals surface area contributed by atoms with Crippen LogP contribution in [0.25, 0.3) is 6.08 Å². The van der Waals surface area contributed by atoms with Gasteiger partial charge in [0.25, 0.3) is 5.91 Å². The Kier molecular flexibility index (Phi) is 6.76. The molecular weight excluding hydrogens is 346 g/mol. The number of benzene rings is 1. The number of aliphatic carboxylic acids is 1. The molecule has 3 N–H and O–H groups in total. The van der Waals surface area contributed by atoms with Crippen LogP contribution in [0.1, 0.15) is 39.2 Å². The van der Waals surface area contributed by atoms with Gasteiger partial charge in [-0.2, -0.15) is 5.10 Å². The van der Waals surface area contributed by atoms with Crippen LogP contribution in [0.5, 0.6) is 5.75 Å². The molecule has 0 radical (unpaired) electrons. The van der Waals surface area contributed by atoms with E-state index in [1.165, 1.54) is 11.2 Å². The highest BCUT2D eigenvalue weighted by molar-refractivity contribution is 6.23. The quantitative estimate of drug-likeness (QED) is 0.480. The van der Waals surface area contributed by atoms with Crippen molar-refractivity contribution in [1.82, 2.24) is 5.01 Å². The van der Waals surface area contributed by atoms with Gasteiger partial charge >= 0.3 is 5.97 Å². The van der Waals surface area contributed by atoms with E-state index < -0.39 is 5.97 Å². The monoisotopic (exact) mass is 371 g/mol. The molecule has 0 unspecified atom stereocenters. The van der Waals surface area contributed by atoms with Crippen molar-refractivity contribution in [3.05, 3.63) is 41.6 Å². The first-order valence-corrected chi connectivity index (χ1v) is 8.85. The van der Waals surface area contributed by atoms with E-state index in [1.807, 2.05) is 24.3 Å². The molecule has 0 aromatic heterocycles. The summed E-state index contributed by atoms with van der Waals surface area (Å²) >= 11 is 0. The minimum absolute atomic E-state index is 0.0137. The van der Waals surface area contributed by atoms with Crippen LogP contribution in [0, 0.1) is 5.92 Å². The topological polar surface area (TPSA) is 102 Å². The summed E-state index contributed by atoms with van der Waals surface area (Å²) in [6.45, 7) is 6.07. The maximum absolute atomic E-state index is 12.4. The molecule has 0 aliphatic carbocycles. The molecule has 0 bridgehead atoms. The lowest BCUT2D eigenvalue weighted by molar-refractivity contribution is -0.137. The van der Waals surface area contributed by atoms with Gasteiger partial charge < -0.3 is 15.5 Å². The van der Waals surface area contributed by atoms with E-state index in [0.717, 1.165) is 0 Å². The van der Waals surface area contributed by atoms with Crippen LogP contribution < -0.4 is 5.32 Å². The smallest absolute Gasteiger partial charge is 0.303 e. The minimum atomic E-state index is -0.901. The Bertz CT molecular complexity index is 809. The van der Waals surface area contributed by atoms with Gasteiger partial charge in [-0.05, 0) is 25.3 Å². The Balaban J connectivity index is 2.10. The number of phenolic OH excluding ortho intramolecular Hbond substituents is 1. The molecule has 27 heavy (non-hydrogen) atoms. The van der Waals surface area contributed by atoms with Crippen molar-refractivity contribution in [2.75, 3.05) is 11.9 Å². The number of aromatic hydroxyl groups is 1. The van der Waals surface area contributed by atoms with E-state index in [1.54, 1.807) is 13.0 Å². The molecule has 7 heteroatoms. The Morgan fingerprint density at radius 2 is 2.11 bits per heavy atom. The van der Waals surface area contributed by atoms with Crippen molar-refractivity contribution in [1.29, 1.82) is 0 Å². The number of nitrogens with zero attached hydrogens (tertiary/aromatic N) is 2. The largest absolute Gasteiger partial charge is 0.505 e. The number of carboxylic acids is 1. The van der Waals surface area contributed by atoms with Gasteiger partial charge in [0.2, 0.25) is 0 Å². The SMILES string of the molecule is CC1=NN(CCCC(=O)O)C(=O)/C1=C\Nc1cccc(/C=C\C(C)C)c1O. The maximum Gasteiger partial charge on any atom is 0.303 e. The number of rotatable bonds is 8. The fourth-order valence-electron chi connectivity index (χ4n) is 2.53. The van der Waals surface area contributed by atoms with Crippen LogP contribution in [-0.4, -0.2) is 39.4 Å². The third-order valence-electron chi connectivity index (χ3n) is 3.99. The highest BCUT2D eigenvalue weighted by Gasteiger charge is 2.27. The number of carboxylic acid groups (broad SMARTS) is 1. The summed E-state index contributed by atoms with van der Waals surface area (Å²) in [6.07, 6.45) is 5.69. The van der Waals surface area contributed by atoms with Gasteiger partial charge in [0, 0.05) is 24.7 Å². The zero-order valence-corrected chi connectivity index (χ0v) is 15.8. The second-order valence-electron chi connectivity index (χ2n) is 6.66. The van der Waals surface area contributed by atoms with Crippen LogP contribution in [0.15, 0.2) is 41.1 Å². The van der Waals surface area contributed by atoms with Crippen molar-refractivity contribution < 1.29 is 19.8 Å². The van der Waals surface area contributed by atoms with Gasteiger partial charge in [-0.25, -0.2) is 5.01 Å². The van der Waals surface area contributed by atoms with E-state index in [2.05, 4.69) is 24.3 Å². The molecule has 1 aliphatic heterocycles. The number of hydrazone groups is 1. The first kappa shape index (κ1) is 20.2. The number of amides is 1. The van der Waals surface area contributed by atoms with Gasteiger partial charge in [0.15, 0.2) is 0 Å². The molecule has 144 valence electrons. The fraction of sp³-hybridized carbons (Fsp3) is 0.350. The molecule has 0 spiro atoms. The standard InChI is InChI=1S/C20H25N3O4/c1-13(2)9-10-15-6-4-7-17(19(15)26)21-12-16-14(3)22-23(20(16)27)11-5-8-18(24)25/h4,6-7,9-10,12-13,21,26H,5,8,11H2,1-3H3,(H,24,25)/b10-9-,16-12-. The average Bonchev–Trinajstić information content (AvgIpc) is 2.86. The van der Waals surface area contributed by atoms with E-state index in [4.69, 9.17) is 5.11 Å². The molecule has 0 saturated heterocycles. The third kappa shape index (κ3) is 5.44. The van der Waals surface area contributed by atoms with Crippen molar-refractivity contribution in [3.8, 4) is 5.75 Å². The average molecular weight is 371 g/mol. The van der Waals surface area contributed by atoms with E-state index in [-0.39, 0.29) is 24.6 Å². The summed E-state index contributed by atoms with van der Waals surface area (Å²) < 4.78 is 0. The van der Waals surface area contributed by atoms with E-state index >= 15 is 0 Å². The molecule has 1 amide bonds. The van der Waals surface area contributed by atoms with Gasteiger partial charge in [-0.1, -0.05) is 38.1 Å². The lowest BCUT2D eigenvalue weighted by Gasteiger charge is -2.11. The molecule has 1 heterocycles.